The highest BCUT2D eigenvalue weighted by molar-refractivity contribution is 5.60. The molecule has 2 aromatic rings. The lowest BCUT2D eigenvalue weighted by Gasteiger charge is -1.99. The predicted molar refractivity (Wildman–Crippen MR) is 51.6 cm³/mol. The number of rotatable bonds is 0. The lowest BCUT2D eigenvalue weighted by Crippen LogP contribution is -2.01. The Bertz CT molecular complexity index is 546. The first-order valence-corrected chi connectivity index (χ1v) is 4.16. The van der Waals surface area contributed by atoms with Crippen LogP contribution in [-0.2, 0) is 0 Å². The Morgan fingerprint density at radius 3 is 2.86 bits per heavy atom. The molecule has 0 saturated heterocycles. The summed E-state index contributed by atoms with van der Waals surface area (Å²) in [6.45, 7) is 3.60. The van der Waals surface area contributed by atoms with E-state index in [1.807, 2.05) is 6.92 Å². The molecule has 0 unspecified atom stereocenters. The van der Waals surface area contributed by atoms with E-state index in [-0.39, 0.29) is 0 Å². The number of anilines is 1. The summed E-state index contributed by atoms with van der Waals surface area (Å²) >= 11 is 0. The number of nitrogens with zero attached hydrogens (tertiary/aromatic N) is 4. The number of aryl methyl sites for hydroxylation is 2. The molecule has 0 aromatic carbocycles. The van der Waals surface area contributed by atoms with E-state index in [4.69, 9.17) is 11.0 Å². The second kappa shape index (κ2) is 2.70. The van der Waals surface area contributed by atoms with Crippen molar-refractivity contribution in [2.24, 2.45) is 0 Å². The van der Waals surface area contributed by atoms with E-state index >= 15 is 0 Å². The minimum atomic E-state index is 0.486. The first kappa shape index (κ1) is 8.51. The fraction of sp³-hybridized carbons (Fsp3) is 0.222. The molecule has 70 valence electrons. The zero-order valence-electron chi connectivity index (χ0n) is 7.94. The van der Waals surface area contributed by atoms with Crippen LogP contribution in [0.3, 0.4) is 0 Å². The molecule has 14 heavy (non-hydrogen) atoms. The fourth-order valence-electron chi connectivity index (χ4n) is 1.40. The summed E-state index contributed by atoms with van der Waals surface area (Å²) in [7, 11) is 0. The average Bonchev–Trinajstić information content (AvgIpc) is 2.41. The first-order valence-electron chi connectivity index (χ1n) is 4.16. The van der Waals surface area contributed by atoms with Crippen LogP contribution in [0, 0.1) is 25.2 Å². The Kier molecular flexibility index (Phi) is 1.64. The van der Waals surface area contributed by atoms with Gasteiger partial charge in [0.2, 0.25) is 0 Å². The van der Waals surface area contributed by atoms with Gasteiger partial charge in [0.25, 0.3) is 0 Å². The molecule has 0 aliphatic carbocycles. The molecule has 0 spiro atoms. The molecule has 0 aliphatic rings. The maximum atomic E-state index is 8.90. The molecule has 0 radical (unpaired) electrons. The van der Waals surface area contributed by atoms with Crippen molar-refractivity contribution in [1.29, 1.82) is 5.26 Å². The summed E-state index contributed by atoms with van der Waals surface area (Å²) in [6, 6.07) is 3.79. The molecule has 2 rings (SSSR count). The Labute approximate surface area is 80.8 Å². The van der Waals surface area contributed by atoms with Crippen LogP contribution >= 0.6 is 0 Å². The third-order valence-corrected chi connectivity index (χ3v) is 2.03. The normalized spacial score (nSPS) is 10.4. The van der Waals surface area contributed by atoms with Gasteiger partial charge in [-0.3, -0.25) is 0 Å². The molecule has 0 fully saturated rings. The molecule has 2 N–H and O–H groups in total. The zero-order valence-corrected chi connectivity index (χ0v) is 7.94. The standard InChI is InChI=1S/C9H9N5/c1-5-3-8(11)14-9(12-5)7(4-10)6(2)13-14/h3H,11H2,1-2H3. The highest BCUT2D eigenvalue weighted by Gasteiger charge is 2.11. The van der Waals surface area contributed by atoms with Crippen LogP contribution in [0.4, 0.5) is 5.82 Å². The minimum Gasteiger partial charge on any atom is -0.384 e. The van der Waals surface area contributed by atoms with Crippen LogP contribution in [0.5, 0.6) is 0 Å². The molecule has 5 heteroatoms. The summed E-state index contributed by atoms with van der Waals surface area (Å²) in [5, 5.41) is 13.0. The van der Waals surface area contributed by atoms with Crippen molar-refractivity contribution in [2.75, 3.05) is 5.73 Å². The number of fused-ring (bicyclic) bond motifs is 1. The lowest BCUT2D eigenvalue weighted by atomic mass is 10.3. The van der Waals surface area contributed by atoms with Gasteiger partial charge in [0.15, 0.2) is 5.65 Å². The van der Waals surface area contributed by atoms with E-state index in [0.29, 0.717) is 22.7 Å². The predicted octanol–water partition coefficient (Wildman–Crippen LogP) is 0.800. The van der Waals surface area contributed by atoms with E-state index in [1.165, 1.54) is 4.52 Å². The van der Waals surface area contributed by atoms with E-state index in [0.717, 1.165) is 5.69 Å². The molecule has 0 aliphatic heterocycles. The van der Waals surface area contributed by atoms with E-state index in [1.54, 1.807) is 13.0 Å². The third kappa shape index (κ3) is 1.01. The number of nitrogens with two attached hydrogens (primary N) is 1. The van der Waals surface area contributed by atoms with Crippen LogP contribution in [0.2, 0.25) is 0 Å². The second-order valence-corrected chi connectivity index (χ2v) is 3.13. The van der Waals surface area contributed by atoms with E-state index in [9.17, 15) is 0 Å². The number of hydrogen-bond acceptors (Lipinski definition) is 4. The molecular weight excluding hydrogens is 178 g/mol. The van der Waals surface area contributed by atoms with Crippen molar-refractivity contribution in [3.63, 3.8) is 0 Å². The highest BCUT2D eigenvalue weighted by atomic mass is 15.3. The van der Waals surface area contributed by atoms with Gasteiger partial charge in [-0.05, 0) is 13.8 Å². The zero-order chi connectivity index (χ0) is 10.3. The van der Waals surface area contributed by atoms with Crippen molar-refractivity contribution in [3.8, 4) is 6.07 Å². The average molecular weight is 187 g/mol. The number of aromatic nitrogens is 3. The molecule has 2 aromatic heterocycles. The van der Waals surface area contributed by atoms with E-state index in [2.05, 4.69) is 16.2 Å². The monoisotopic (exact) mass is 187 g/mol. The fourth-order valence-corrected chi connectivity index (χ4v) is 1.40. The van der Waals surface area contributed by atoms with Crippen LogP contribution in [0.1, 0.15) is 17.0 Å². The molecule has 0 bridgehead atoms. The summed E-state index contributed by atoms with van der Waals surface area (Å²) in [5.41, 5.74) is 8.20. The Morgan fingerprint density at radius 1 is 1.50 bits per heavy atom. The van der Waals surface area contributed by atoms with Crippen LogP contribution in [-0.4, -0.2) is 14.6 Å². The molecular formula is C9H9N5. The number of nitrogen functional groups attached to an aromatic ring is 1. The lowest BCUT2D eigenvalue weighted by molar-refractivity contribution is 0.921. The maximum Gasteiger partial charge on any atom is 0.175 e. The summed E-state index contributed by atoms with van der Waals surface area (Å²) in [4.78, 5) is 4.23. The molecule has 5 nitrogen and oxygen atoms in total. The summed E-state index contributed by atoms with van der Waals surface area (Å²) < 4.78 is 1.49. The molecule has 2 heterocycles. The van der Waals surface area contributed by atoms with Crippen molar-refractivity contribution < 1.29 is 0 Å². The molecule has 0 atom stereocenters. The van der Waals surface area contributed by atoms with Crippen LogP contribution < -0.4 is 5.73 Å². The van der Waals surface area contributed by atoms with Crippen molar-refractivity contribution in [2.45, 2.75) is 13.8 Å². The van der Waals surface area contributed by atoms with Gasteiger partial charge in [-0.15, -0.1) is 0 Å². The molecule has 0 amide bonds. The van der Waals surface area contributed by atoms with Gasteiger partial charge >= 0.3 is 0 Å². The largest absolute Gasteiger partial charge is 0.384 e. The second-order valence-electron chi connectivity index (χ2n) is 3.13. The van der Waals surface area contributed by atoms with Crippen molar-refractivity contribution in [3.05, 3.63) is 23.0 Å². The van der Waals surface area contributed by atoms with Gasteiger partial charge in [-0.1, -0.05) is 0 Å². The van der Waals surface area contributed by atoms with E-state index < -0.39 is 0 Å². The van der Waals surface area contributed by atoms with Crippen LogP contribution in [0.15, 0.2) is 6.07 Å². The van der Waals surface area contributed by atoms with Gasteiger partial charge in [-0.25, -0.2) is 4.98 Å². The highest BCUT2D eigenvalue weighted by Crippen LogP contribution is 2.15. The van der Waals surface area contributed by atoms with Crippen LogP contribution in [0.25, 0.3) is 5.65 Å². The van der Waals surface area contributed by atoms with Crippen molar-refractivity contribution >= 4 is 11.5 Å². The maximum absolute atomic E-state index is 8.90. The summed E-state index contributed by atoms with van der Waals surface area (Å²) in [6.07, 6.45) is 0. The molecule has 0 saturated carbocycles. The number of nitriles is 1. The van der Waals surface area contributed by atoms with Gasteiger partial charge in [0.1, 0.15) is 17.5 Å². The van der Waals surface area contributed by atoms with Gasteiger partial charge in [-0.2, -0.15) is 14.9 Å². The SMILES string of the molecule is Cc1cc(N)n2nc(C)c(C#N)c2n1. The quantitative estimate of drug-likeness (QED) is 0.661. The third-order valence-electron chi connectivity index (χ3n) is 2.03. The smallest absolute Gasteiger partial charge is 0.175 e. The Morgan fingerprint density at radius 2 is 2.21 bits per heavy atom. The first-order chi connectivity index (χ1) is 6.63. The van der Waals surface area contributed by atoms with Gasteiger partial charge in [0.05, 0.1) is 5.69 Å². The topological polar surface area (TPSA) is 80.0 Å². The van der Waals surface area contributed by atoms with Crippen molar-refractivity contribution in [1.82, 2.24) is 14.6 Å². The number of hydrogen-bond donors (Lipinski definition) is 1. The minimum absolute atomic E-state index is 0.486. The Balaban J connectivity index is 2.97. The van der Waals surface area contributed by atoms with Gasteiger partial charge < -0.3 is 5.73 Å². The summed E-state index contributed by atoms with van der Waals surface area (Å²) in [5.74, 6) is 0.497. The Hall–Kier alpha value is -2.09. The van der Waals surface area contributed by atoms with Gasteiger partial charge in [0, 0.05) is 11.8 Å².